The second kappa shape index (κ2) is 14.1. The van der Waals surface area contributed by atoms with Gasteiger partial charge in [0.25, 0.3) is 5.91 Å². The van der Waals surface area contributed by atoms with Crippen LogP contribution in [0, 0.1) is 0 Å². The maximum atomic E-state index is 12.8. The summed E-state index contributed by atoms with van der Waals surface area (Å²) in [5.74, 6) is -0.255. The van der Waals surface area contributed by atoms with Crippen LogP contribution in [-0.4, -0.2) is 32.5 Å². The van der Waals surface area contributed by atoms with E-state index in [2.05, 4.69) is 33.8 Å². The number of hydrogen-bond acceptors (Lipinski definition) is 5. The Kier molecular flexibility index (Phi) is 10.8. The minimum absolute atomic E-state index is 0.255. The maximum absolute atomic E-state index is 12.8. The monoisotopic (exact) mass is 456 g/mol. The van der Waals surface area contributed by atoms with Gasteiger partial charge in [0.05, 0.1) is 6.21 Å². The Hall–Kier alpha value is -4.19. The number of rotatable bonds is 12. The summed E-state index contributed by atoms with van der Waals surface area (Å²) in [7, 11) is 3.46. The van der Waals surface area contributed by atoms with Crippen molar-refractivity contribution >= 4 is 29.7 Å². The smallest absolute Gasteiger partial charge is 0.251 e. The number of hydrogen-bond donors (Lipinski definition) is 3. The van der Waals surface area contributed by atoms with Crippen LogP contribution in [0.4, 0.5) is 5.69 Å². The summed E-state index contributed by atoms with van der Waals surface area (Å²) < 4.78 is 0. The molecule has 0 saturated carbocycles. The second-order valence-electron chi connectivity index (χ2n) is 7.45. The number of benzene rings is 2. The zero-order valence-corrected chi connectivity index (χ0v) is 20.0. The number of aldehydes is 1. The van der Waals surface area contributed by atoms with Crippen LogP contribution < -0.4 is 16.1 Å². The number of carbonyl (C=O) groups is 2. The molecule has 0 aliphatic carbocycles. The van der Waals surface area contributed by atoms with Gasteiger partial charge >= 0.3 is 0 Å². The zero-order chi connectivity index (χ0) is 24.8. The number of nitrogens with one attached hydrogen (secondary N) is 3. The number of anilines is 1. The average molecular weight is 457 g/mol. The fourth-order valence-corrected chi connectivity index (χ4v) is 3.33. The van der Waals surface area contributed by atoms with E-state index in [0.29, 0.717) is 28.9 Å². The largest absolute Gasteiger partial charge is 0.388 e. The molecule has 0 atom stereocenters. The third-order valence-electron chi connectivity index (χ3n) is 4.98. The van der Waals surface area contributed by atoms with E-state index < -0.39 is 0 Å². The molecule has 6 heteroatoms. The van der Waals surface area contributed by atoms with Crippen molar-refractivity contribution in [1.82, 2.24) is 10.7 Å². The van der Waals surface area contributed by atoms with Crippen molar-refractivity contribution < 1.29 is 9.59 Å². The van der Waals surface area contributed by atoms with Crippen LogP contribution in [-0.2, 0) is 6.54 Å². The Labute approximate surface area is 201 Å². The standard InChI is InChI=1S/C28H32N4O2/c1-5-6-7-9-12-21(2)15-24(19-32-30-4)27-25(20-33)16-23(17-26(27)29-3)28(34)31-18-22-13-10-8-11-14-22/h5-8,10-17,19-20,29-30H,1,9,18H2,2-4H3,(H,31,34)/b7-6?,21-12+,24-15+,32-19-. The average Bonchev–Trinajstić information content (AvgIpc) is 2.87. The predicted molar refractivity (Wildman–Crippen MR) is 142 cm³/mol. The van der Waals surface area contributed by atoms with Crippen molar-refractivity contribution in [2.45, 2.75) is 19.9 Å². The van der Waals surface area contributed by atoms with Gasteiger partial charge in [-0.1, -0.05) is 72.9 Å². The summed E-state index contributed by atoms with van der Waals surface area (Å²) in [4.78, 5) is 24.9. The lowest BCUT2D eigenvalue weighted by atomic mass is 9.94. The molecule has 0 unspecified atom stereocenters. The Morgan fingerprint density at radius 1 is 1.15 bits per heavy atom. The molecular formula is C28H32N4O2. The molecule has 0 aliphatic heterocycles. The molecule has 176 valence electrons. The van der Waals surface area contributed by atoms with Gasteiger partial charge in [-0.25, -0.2) is 0 Å². The van der Waals surface area contributed by atoms with Crippen LogP contribution in [0.15, 0.2) is 90.1 Å². The Balaban J connectivity index is 2.44. The SMILES string of the molecule is C=CC=CC/C=C(C)/C=C(\C=N/NC)c1c(C=O)cc(C(=O)NCc2ccccc2)cc1NC. The normalized spacial score (nSPS) is 12.1. The van der Waals surface area contributed by atoms with Gasteiger partial charge in [-0.05, 0) is 31.0 Å². The topological polar surface area (TPSA) is 82.6 Å². The maximum Gasteiger partial charge on any atom is 0.251 e. The summed E-state index contributed by atoms with van der Waals surface area (Å²) in [5, 5.41) is 10.2. The van der Waals surface area contributed by atoms with E-state index in [1.54, 1.807) is 38.5 Å². The first-order valence-corrected chi connectivity index (χ1v) is 11.0. The van der Waals surface area contributed by atoms with Gasteiger partial charge in [0.2, 0.25) is 0 Å². The fourth-order valence-electron chi connectivity index (χ4n) is 3.33. The van der Waals surface area contributed by atoms with Crippen LogP contribution >= 0.6 is 0 Å². The highest BCUT2D eigenvalue weighted by molar-refractivity contribution is 6.16. The van der Waals surface area contributed by atoms with E-state index in [4.69, 9.17) is 0 Å². The van der Waals surface area contributed by atoms with Gasteiger partial charge in [0.1, 0.15) is 0 Å². The number of nitrogens with zero attached hydrogens (tertiary/aromatic N) is 1. The molecule has 0 aromatic heterocycles. The lowest BCUT2D eigenvalue weighted by Gasteiger charge is -2.16. The molecule has 0 saturated heterocycles. The first kappa shape index (κ1) is 26.1. The van der Waals surface area contributed by atoms with E-state index in [1.807, 2.05) is 55.5 Å². The van der Waals surface area contributed by atoms with Crippen molar-refractivity contribution in [3.05, 3.63) is 107 Å². The number of amides is 1. The molecule has 0 heterocycles. The van der Waals surface area contributed by atoms with Gasteiger partial charge in [-0.2, -0.15) is 5.10 Å². The molecule has 2 aromatic carbocycles. The Bertz CT molecular complexity index is 1110. The minimum atomic E-state index is -0.255. The summed E-state index contributed by atoms with van der Waals surface area (Å²) in [5.41, 5.74) is 7.61. The molecule has 6 nitrogen and oxygen atoms in total. The van der Waals surface area contributed by atoms with Crippen LogP contribution in [0.1, 0.15) is 45.2 Å². The van der Waals surface area contributed by atoms with E-state index in [9.17, 15) is 9.59 Å². The molecule has 2 rings (SSSR count). The third kappa shape index (κ3) is 7.74. The van der Waals surface area contributed by atoms with Crippen LogP contribution in [0.3, 0.4) is 0 Å². The molecule has 0 fully saturated rings. The highest BCUT2D eigenvalue weighted by atomic mass is 16.1. The lowest BCUT2D eigenvalue weighted by molar-refractivity contribution is 0.0951. The fraction of sp³-hybridized carbons (Fsp3) is 0.179. The summed E-state index contributed by atoms with van der Waals surface area (Å²) in [6.07, 6.45) is 12.8. The lowest BCUT2D eigenvalue weighted by Crippen LogP contribution is -2.23. The van der Waals surface area contributed by atoms with Crippen molar-refractivity contribution in [2.75, 3.05) is 19.4 Å². The van der Waals surface area contributed by atoms with E-state index in [0.717, 1.165) is 29.4 Å². The van der Waals surface area contributed by atoms with Gasteiger partial charge in [0, 0.05) is 48.6 Å². The van der Waals surface area contributed by atoms with Crippen molar-refractivity contribution in [3.8, 4) is 0 Å². The van der Waals surface area contributed by atoms with Crippen LogP contribution in [0.2, 0.25) is 0 Å². The Morgan fingerprint density at radius 3 is 2.56 bits per heavy atom. The molecule has 2 aromatic rings. The van der Waals surface area contributed by atoms with Crippen molar-refractivity contribution in [1.29, 1.82) is 0 Å². The van der Waals surface area contributed by atoms with Gasteiger partial charge in [-0.3, -0.25) is 9.59 Å². The predicted octanol–water partition coefficient (Wildman–Crippen LogP) is 5.14. The van der Waals surface area contributed by atoms with Crippen LogP contribution in [0.25, 0.3) is 5.57 Å². The van der Waals surface area contributed by atoms with E-state index in [1.165, 1.54) is 0 Å². The van der Waals surface area contributed by atoms with Gasteiger partial charge < -0.3 is 16.1 Å². The molecule has 3 N–H and O–H groups in total. The summed E-state index contributed by atoms with van der Waals surface area (Å²) >= 11 is 0. The van der Waals surface area contributed by atoms with Crippen molar-refractivity contribution in [2.24, 2.45) is 5.10 Å². The summed E-state index contributed by atoms with van der Waals surface area (Å²) in [6.45, 7) is 6.06. The van der Waals surface area contributed by atoms with E-state index in [-0.39, 0.29) is 5.91 Å². The molecule has 34 heavy (non-hydrogen) atoms. The van der Waals surface area contributed by atoms with Gasteiger partial charge in [0.15, 0.2) is 6.29 Å². The molecule has 0 spiro atoms. The number of allylic oxidation sites excluding steroid dienone is 7. The zero-order valence-electron chi connectivity index (χ0n) is 20.0. The highest BCUT2D eigenvalue weighted by Gasteiger charge is 2.17. The third-order valence-corrected chi connectivity index (χ3v) is 4.98. The first-order valence-electron chi connectivity index (χ1n) is 11.0. The molecule has 1 amide bonds. The first-order chi connectivity index (χ1) is 16.5. The number of carbonyl (C=O) groups excluding carboxylic acids is 2. The highest BCUT2D eigenvalue weighted by Crippen LogP contribution is 2.29. The molecular weight excluding hydrogens is 424 g/mol. The molecule has 0 bridgehead atoms. The summed E-state index contributed by atoms with van der Waals surface area (Å²) in [6, 6.07) is 13.0. The van der Waals surface area contributed by atoms with Crippen molar-refractivity contribution in [3.63, 3.8) is 0 Å². The Morgan fingerprint density at radius 2 is 1.91 bits per heavy atom. The van der Waals surface area contributed by atoms with Crippen LogP contribution in [0.5, 0.6) is 0 Å². The molecule has 0 radical (unpaired) electrons. The van der Waals surface area contributed by atoms with E-state index >= 15 is 0 Å². The minimum Gasteiger partial charge on any atom is -0.388 e. The van der Waals surface area contributed by atoms with Gasteiger partial charge in [-0.15, -0.1) is 0 Å². The molecule has 0 aliphatic rings. The number of hydrazone groups is 1. The second-order valence-corrected chi connectivity index (χ2v) is 7.45. The quantitative estimate of drug-likeness (QED) is 0.179.